The Morgan fingerprint density at radius 2 is 2.00 bits per heavy atom. The van der Waals surface area contributed by atoms with Gasteiger partial charge in [0.05, 0.1) is 6.54 Å². The average Bonchev–Trinajstić information content (AvgIpc) is 2.29. The highest BCUT2D eigenvalue weighted by molar-refractivity contribution is 5.70. The normalized spacial score (nSPS) is 10.9. The molecule has 0 aliphatic carbocycles. The van der Waals surface area contributed by atoms with E-state index in [1.165, 1.54) is 0 Å². The van der Waals surface area contributed by atoms with Crippen molar-refractivity contribution in [1.29, 1.82) is 0 Å². The van der Waals surface area contributed by atoms with E-state index in [1.807, 2.05) is 44.1 Å². The molecule has 0 atom stereocenters. The zero-order valence-electron chi connectivity index (χ0n) is 11.3. The molecule has 0 saturated carbocycles. The van der Waals surface area contributed by atoms with Crippen molar-refractivity contribution in [3.05, 3.63) is 46.0 Å². The third kappa shape index (κ3) is 2.82. The van der Waals surface area contributed by atoms with Gasteiger partial charge in [-0.3, -0.25) is 4.79 Å². The van der Waals surface area contributed by atoms with E-state index >= 15 is 0 Å². The first-order valence-electron chi connectivity index (χ1n) is 6.02. The summed E-state index contributed by atoms with van der Waals surface area (Å²) in [7, 11) is 3.73. The van der Waals surface area contributed by atoms with Crippen molar-refractivity contribution in [3.8, 4) is 17.0 Å². The van der Waals surface area contributed by atoms with Crippen LogP contribution in [0, 0.1) is 6.92 Å². The Labute approximate surface area is 111 Å². The Hall–Kier alpha value is -2.14. The Kier molecular flexibility index (Phi) is 3.66. The Balaban J connectivity index is 2.55. The number of benzene rings is 1. The van der Waals surface area contributed by atoms with Crippen LogP contribution in [0.4, 0.5) is 0 Å². The summed E-state index contributed by atoms with van der Waals surface area (Å²) in [6, 6.07) is 7.40. The van der Waals surface area contributed by atoms with Gasteiger partial charge in [0.25, 0.3) is 5.56 Å². The van der Waals surface area contributed by atoms with Crippen molar-refractivity contribution >= 4 is 0 Å². The van der Waals surface area contributed by atoms with E-state index in [9.17, 15) is 9.90 Å². The first-order chi connectivity index (χ1) is 8.99. The number of nitrogens with one attached hydrogen (secondary N) is 1. The van der Waals surface area contributed by atoms with Crippen LogP contribution in [-0.2, 0) is 6.54 Å². The van der Waals surface area contributed by atoms with Crippen LogP contribution in [0.3, 0.4) is 0 Å². The van der Waals surface area contributed by atoms with E-state index in [0.717, 1.165) is 5.56 Å². The monoisotopic (exact) mass is 259 g/mol. The molecule has 100 valence electrons. The summed E-state index contributed by atoms with van der Waals surface area (Å²) in [6.45, 7) is 2.36. The lowest BCUT2D eigenvalue weighted by molar-refractivity contribution is 0.381. The molecule has 1 heterocycles. The van der Waals surface area contributed by atoms with Gasteiger partial charge in [-0.25, -0.2) is 0 Å². The summed E-state index contributed by atoms with van der Waals surface area (Å²) in [4.78, 5) is 20.7. The van der Waals surface area contributed by atoms with Crippen LogP contribution < -0.4 is 5.56 Å². The molecule has 2 N–H and O–H groups in total. The number of rotatable bonds is 3. The van der Waals surface area contributed by atoms with Crippen molar-refractivity contribution in [3.63, 3.8) is 0 Å². The summed E-state index contributed by atoms with van der Waals surface area (Å²) >= 11 is 0. The van der Waals surface area contributed by atoms with Gasteiger partial charge in [-0.05, 0) is 32.1 Å². The molecule has 1 aromatic carbocycles. The number of hydrogen-bond acceptors (Lipinski definition) is 4. The fraction of sp³-hybridized carbons (Fsp3) is 0.286. The average molecular weight is 259 g/mol. The van der Waals surface area contributed by atoms with E-state index < -0.39 is 0 Å². The van der Waals surface area contributed by atoms with Gasteiger partial charge in [-0.15, -0.1) is 0 Å². The van der Waals surface area contributed by atoms with Crippen molar-refractivity contribution in [2.45, 2.75) is 13.5 Å². The molecule has 0 unspecified atom stereocenters. The third-order valence-corrected chi connectivity index (χ3v) is 2.83. The smallest absolute Gasteiger partial charge is 0.262 e. The number of aryl methyl sites for hydroxylation is 1. The molecule has 5 nitrogen and oxygen atoms in total. The van der Waals surface area contributed by atoms with Gasteiger partial charge in [0.1, 0.15) is 11.4 Å². The van der Waals surface area contributed by atoms with Crippen LogP contribution in [0.5, 0.6) is 5.88 Å². The lowest BCUT2D eigenvalue weighted by Gasteiger charge is -2.11. The zero-order chi connectivity index (χ0) is 14.0. The molecule has 1 aromatic heterocycles. The molecule has 0 saturated heterocycles. The van der Waals surface area contributed by atoms with Crippen molar-refractivity contribution in [1.82, 2.24) is 14.9 Å². The van der Waals surface area contributed by atoms with E-state index in [1.54, 1.807) is 6.07 Å². The minimum Gasteiger partial charge on any atom is -0.493 e. The van der Waals surface area contributed by atoms with E-state index in [0.29, 0.717) is 17.9 Å². The molecule has 19 heavy (non-hydrogen) atoms. The SMILES string of the molecule is Cc1ccccc1-c1c(O)nc(CN(C)C)[nH]c1=O. The first-order valence-corrected chi connectivity index (χ1v) is 6.02. The van der Waals surface area contributed by atoms with Crippen molar-refractivity contribution < 1.29 is 5.11 Å². The second-order valence-electron chi connectivity index (χ2n) is 4.76. The number of aromatic nitrogens is 2. The summed E-state index contributed by atoms with van der Waals surface area (Å²) < 4.78 is 0. The fourth-order valence-electron chi connectivity index (χ4n) is 1.98. The Morgan fingerprint density at radius 1 is 1.32 bits per heavy atom. The van der Waals surface area contributed by atoms with Crippen LogP contribution in [0.25, 0.3) is 11.1 Å². The van der Waals surface area contributed by atoms with Gasteiger partial charge in [-0.1, -0.05) is 24.3 Å². The molecule has 0 fully saturated rings. The van der Waals surface area contributed by atoms with E-state index in [2.05, 4.69) is 9.97 Å². The maximum absolute atomic E-state index is 12.1. The number of H-pyrrole nitrogens is 1. The summed E-state index contributed by atoms with van der Waals surface area (Å²) in [5.41, 5.74) is 1.52. The molecule has 0 bridgehead atoms. The predicted octanol–water partition coefficient (Wildman–Crippen LogP) is 1.51. The van der Waals surface area contributed by atoms with Crippen molar-refractivity contribution in [2.24, 2.45) is 0 Å². The van der Waals surface area contributed by atoms with Gasteiger partial charge < -0.3 is 15.0 Å². The van der Waals surface area contributed by atoms with Gasteiger partial charge >= 0.3 is 0 Å². The molecule has 0 aliphatic heterocycles. The summed E-state index contributed by atoms with van der Waals surface area (Å²) in [5, 5.41) is 10.0. The maximum atomic E-state index is 12.1. The molecule has 0 aliphatic rings. The van der Waals surface area contributed by atoms with Crippen LogP contribution in [0.1, 0.15) is 11.4 Å². The van der Waals surface area contributed by atoms with Gasteiger partial charge in [0.15, 0.2) is 0 Å². The molecular weight excluding hydrogens is 242 g/mol. The lowest BCUT2D eigenvalue weighted by Crippen LogP contribution is -2.19. The van der Waals surface area contributed by atoms with E-state index in [4.69, 9.17) is 0 Å². The molecule has 2 aromatic rings. The minimum atomic E-state index is -0.321. The highest BCUT2D eigenvalue weighted by atomic mass is 16.3. The number of hydrogen-bond donors (Lipinski definition) is 2. The minimum absolute atomic E-state index is 0.223. The van der Waals surface area contributed by atoms with E-state index in [-0.39, 0.29) is 17.0 Å². The Morgan fingerprint density at radius 3 is 2.58 bits per heavy atom. The van der Waals surface area contributed by atoms with Crippen LogP contribution in [0.2, 0.25) is 0 Å². The number of aromatic amines is 1. The highest BCUT2D eigenvalue weighted by Gasteiger charge is 2.14. The van der Waals surface area contributed by atoms with Gasteiger partial charge in [0, 0.05) is 0 Å². The second-order valence-corrected chi connectivity index (χ2v) is 4.76. The zero-order valence-corrected chi connectivity index (χ0v) is 11.3. The first kappa shape index (κ1) is 13.3. The summed E-state index contributed by atoms with van der Waals surface area (Å²) in [5.74, 6) is 0.222. The van der Waals surface area contributed by atoms with Crippen molar-refractivity contribution in [2.75, 3.05) is 14.1 Å². The van der Waals surface area contributed by atoms with Gasteiger partial charge in [0.2, 0.25) is 5.88 Å². The van der Waals surface area contributed by atoms with Crippen LogP contribution in [0.15, 0.2) is 29.1 Å². The van der Waals surface area contributed by atoms with Crippen LogP contribution >= 0.6 is 0 Å². The Bertz CT molecular complexity index is 647. The maximum Gasteiger partial charge on any atom is 0.262 e. The molecule has 5 heteroatoms. The van der Waals surface area contributed by atoms with Crippen LogP contribution in [-0.4, -0.2) is 34.1 Å². The topological polar surface area (TPSA) is 69.2 Å². The molecule has 2 rings (SSSR count). The third-order valence-electron chi connectivity index (χ3n) is 2.83. The second kappa shape index (κ2) is 5.24. The highest BCUT2D eigenvalue weighted by Crippen LogP contribution is 2.26. The predicted molar refractivity (Wildman–Crippen MR) is 74.1 cm³/mol. The fourth-order valence-corrected chi connectivity index (χ4v) is 1.98. The summed E-state index contributed by atoms with van der Waals surface area (Å²) in [6.07, 6.45) is 0. The molecule has 0 radical (unpaired) electrons. The quantitative estimate of drug-likeness (QED) is 0.876. The molecular formula is C14H17N3O2. The number of aromatic hydroxyl groups is 1. The molecule has 0 amide bonds. The lowest BCUT2D eigenvalue weighted by atomic mass is 10.0. The largest absolute Gasteiger partial charge is 0.493 e. The van der Waals surface area contributed by atoms with Gasteiger partial charge in [-0.2, -0.15) is 4.98 Å². The standard InChI is InChI=1S/C14H17N3O2/c1-9-6-4-5-7-10(9)12-13(18)15-11(8-17(2)3)16-14(12)19/h4-7H,8H2,1-3H3,(H2,15,16,18,19). The number of nitrogens with zero attached hydrogens (tertiary/aromatic N) is 2. The molecule has 0 spiro atoms.